The van der Waals surface area contributed by atoms with Crippen LogP contribution in [0.25, 0.3) is 0 Å². The van der Waals surface area contributed by atoms with Crippen LogP contribution in [0.3, 0.4) is 0 Å². The molecule has 2 aromatic carbocycles. The minimum absolute atomic E-state index is 0.0422. The molecular weight excluding hydrogens is 432 g/mol. The molecule has 32 heavy (non-hydrogen) atoms. The number of hydrogen-bond acceptors (Lipinski definition) is 6. The minimum Gasteiger partial charge on any atom is -0.488 e. The van der Waals surface area contributed by atoms with Crippen LogP contribution in [0.4, 0.5) is 0 Å². The van der Waals surface area contributed by atoms with E-state index in [1.165, 1.54) is 0 Å². The number of methoxy groups -OCH3 is 1. The van der Waals surface area contributed by atoms with Gasteiger partial charge in [-0.2, -0.15) is 0 Å². The molecule has 4 atom stereocenters. The van der Waals surface area contributed by atoms with Crippen LogP contribution in [-0.4, -0.2) is 61.1 Å². The Hall–Kier alpha value is -1.67. The van der Waals surface area contributed by atoms with Crippen molar-refractivity contribution in [3.8, 4) is 5.75 Å². The second kappa shape index (κ2) is 13.8. The molecule has 6 nitrogen and oxygen atoms in total. The Morgan fingerprint density at radius 1 is 1.12 bits per heavy atom. The molecule has 4 unspecified atom stereocenters. The van der Waals surface area contributed by atoms with Gasteiger partial charge in [0.15, 0.2) is 0 Å². The maximum Gasteiger partial charge on any atom is 0.122 e. The van der Waals surface area contributed by atoms with E-state index < -0.39 is 6.10 Å². The van der Waals surface area contributed by atoms with Crippen LogP contribution in [0.5, 0.6) is 5.75 Å². The molecule has 2 aromatic rings. The zero-order valence-electron chi connectivity index (χ0n) is 19.0. The molecular formula is C25H35ClO6. The van der Waals surface area contributed by atoms with Crippen molar-refractivity contribution in [3.05, 3.63) is 64.2 Å². The van der Waals surface area contributed by atoms with Crippen molar-refractivity contribution in [1.29, 1.82) is 0 Å². The van der Waals surface area contributed by atoms with Gasteiger partial charge in [-0.3, -0.25) is 0 Å². The summed E-state index contributed by atoms with van der Waals surface area (Å²) < 4.78 is 17.1. The van der Waals surface area contributed by atoms with Gasteiger partial charge in [-0.15, -0.1) is 0 Å². The topological polar surface area (TPSA) is 88.4 Å². The molecule has 0 saturated carbocycles. The van der Waals surface area contributed by atoms with Gasteiger partial charge in [0.05, 0.1) is 31.5 Å². The highest BCUT2D eigenvalue weighted by Gasteiger charge is 2.29. The van der Waals surface area contributed by atoms with E-state index in [2.05, 4.69) is 6.92 Å². The monoisotopic (exact) mass is 466 g/mol. The Balaban J connectivity index is 0.00000176. The molecule has 178 valence electrons. The Kier molecular flexibility index (Phi) is 11.4. The lowest BCUT2D eigenvalue weighted by atomic mass is 9.94. The van der Waals surface area contributed by atoms with Gasteiger partial charge in [-0.05, 0) is 47.7 Å². The number of aliphatic hydroxyl groups is 3. The number of benzene rings is 2. The number of aliphatic hydroxyl groups excluding tert-OH is 3. The second-order valence-electron chi connectivity index (χ2n) is 7.83. The largest absolute Gasteiger partial charge is 0.488 e. The van der Waals surface area contributed by atoms with Crippen molar-refractivity contribution in [2.75, 3.05) is 27.4 Å². The smallest absolute Gasteiger partial charge is 0.122 e. The molecule has 3 N–H and O–H groups in total. The normalized spacial score (nSPS) is 21.4. The summed E-state index contributed by atoms with van der Waals surface area (Å²) in [5.41, 5.74) is 3.09. The second-order valence-corrected chi connectivity index (χ2v) is 8.24. The van der Waals surface area contributed by atoms with Crippen LogP contribution < -0.4 is 4.74 Å². The Labute approximate surface area is 195 Å². The fraction of sp³-hybridized carbons (Fsp3) is 0.520. The van der Waals surface area contributed by atoms with Gasteiger partial charge in [-0.1, -0.05) is 42.8 Å². The van der Waals surface area contributed by atoms with Crippen molar-refractivity contribution >= 4 is 11.6 Å². The van der Waals surface area contributed by atoms with Gasteiger partial charge >= 0.3 is 0 Å². The van der Waals surface area contributed by atoms with Crippen molar-refractivity contribution in [3.63, 3.8) is 0 Å². The van der Waals surface area contributed by atoms with Gasteiger partial charge in [0, 0.05) is 32.1 Å². The molecule has 1 aliphatic heterocycles. The Morgan fingerprint density at radius 3 is 2.47 bits per heavy atom. The molecule has 0 aromatic heterocycles. The Morgan fingerprint density at radius 2 is 1.84 bits per heavy atom. The number of rotatable bonds is 9. The van der Waals surface area contributed by atoms with Crippen LogP contribution in [-0.2, 0) is 15.9 Å². The van der Waals surface area contributed by atoms with Crippen LogP contribution in [0.2, 0.25) is 5.02 Å². The van der Waals surface area contributed by atoms with E-state index in [-0.39, 0.29) is 24.9 Å². The van der Waals surface area contributed by atoms with E-state index >= 15 is 0 Å². The summed E-state index contributed by atoms with van der Waals surface area (Å²) >= 11 is 6.45. The lowest BCUT2D eigenvalue weighted by Gasteiger charge is -2.32. The average Bonchev–Trinajstić information content (AvgIpc) is 2.82. The molecule has 1 fully saturated rings. The summed E-state index contributed by atoms with van der Waals surface area (Å²) in [4.78, 5) is 0. The first-order valence-corrected chi connectivity index (χ1v) is 11.3. The van der Waals surface area contributed by atoms with Crippen molar-refractivity contribution in [2.45, 2.75) is 57.0 Å². The predicted molar refractivity (Wildman–Crippen MR) is 125 cm³/mol. The molecule has 1 aliphatic rings. The lowest BCUT2D eigenvalue weighted by Crippen LogP contribution is -2.33. The van der Waals surface area contributed by atoms with E-state index in [0.29, 0.717) is 30.9 Å². The van der Waals surface area contributed by atoms with Crippen molar-refractivity contribution in [2.24, 2.45) is 0 Å². The molecule has 7 heteroatoms. The zero-order chi connectivity index (χ0) is 23.5. The van der Waals surface area contributed by atoms with E-state index in [9.17, 15) is 10.2 Å². The van der Waals surface area contributed by atoms with Crippen LogP contribution >= 0.6 is 11.6 Å². The van der Waals surface area contributed by atoms with Crippen molar-refractivity contribution < 1.29 is 29.5 Å². The molecule has 1 saturated heterocycles. The summed E-state index contributed by atoms with van der Waals surface area (Å²) in [6, 6.07) is 13.9. The summed E-state index contributed by atoms with van der Waals surface area (Å²) in [6.45, 7) is 2.55. The molecule has 1 heterocycles. The first-order chi connectivity index (χ1) is 15.5. The van der Waals surface area contributed by atoms with E-state index in [4.69, 9.17) is 30.9 Å². The number of hydrogen-bond donors (Lipinski definition) is 3. The molecule has 0 spiro atoms. The van der Waals surface area contributed by atoms with E-state index in [0.717, 1.165) is 36.0 Å². The number of halogens is 1. The summed E-state index contributed by atoms with van der Waals surface area (Å²) in [5, 5.41) is 27.2. The standard InChI is InChI=1S/C24H31ClO5.CH4O/c1-3-20(15-28-2)29-21-7-4-16(5-8-21)10-18-11-17(6-9-23(18)25)24-13-19(27)12-22(14-26)30-24;1-2/h4-9,11,19-20,22,24,26-27H,3,10,12-15H2,1-2H3;2H,1H3. The fourth-order valence-electron chi connectivity index (χ4n) is 3.77. The predicted octanol–water partition coefficient (Wildman–Crippen LogP) is 3.92. The molecule has 3 rings (SSSR count). The van der Waals surface area contributed by atoms with Gasteiger partial charge in [0.2, 0.25) is 0 Å². The summed E-state index contributed by atoms with van der Waals surface area (Å²) in [7, 11) is 2.68. The molecule has 0 amide bonds. The van der Waals surface area contributed by atoms with Gasteiger partial charge in [0.1, 0.15) is 11.9 Å². The first-order valence-electron chi connectivity index (χ1n) is 10.9. The lowest BCUT2D eigenvalue weighted by molar-refractivity contribution is -0.113. The van der Waals surface area contributed by atoms with Gasteiger partial charge in [0.25, 0.3) is 0 Å². The Bertz CT molecular complexity index is 798. The van der Waals surface area contributed by atoms with Gasteiger partial charge < -0.3 is 29.5 Å². The minimum atomic E-state index is -0.474. The molecule has 0 aliphatic carbocycles. The van der Waals surface area contributed by atoms with E-state index in [1.54, 1.807) is 7.11 Å². The van der Waals surface area contributed by atoms with Crippen LogP contribution in [0.1, 0.15) is 49.0 Å². The fourth-order valence-corrected chi connectivity index (χ4v) is 3.96. The average molecular weight is 467 g/mol. The number of ether oxygens (including phenoxy) is 3. The zero-order valence-corrected chi connectivity index (χ0v) is 19.8. The highest BCUT2D eigenvalue weighted by molar-refractivity contribution is 6.31. The first kappa shape index (κ1) is 26.6. The third kappa shape index (κ3) is 7.73. The van der Waals surface area contributed by atoms with E-state index in [1.807, 2.05) is 42.5 Å². The maximum atomic E-state index is 10.1. The quantitative estimate of drug-likeness (QED) is 0.519. The third-order valence-corrected chi connectivity index (χ3v) is 5.82. The summed E-state index contributed by atoms with van der Waals surface area (Å²) in [5.74, 6) is 0.821. The highest BCUT2D eigenvalue weighted by Crippen LogP contribution is 2.33. The highest BCUT2D eigenvalue weighted by atomic mass is 35.5. The molecule has 0 bridgehead atoms. The van der Waals surface area contributed by atoms with Crippen LogP contribution in [0.15, 0.2) is 42.5 Å². The van der Waals surface area contributed by atoms with Crippen LogP contribution in [0, 0.1) is 0 Å². The molecule has 0 radical (unpaired) electrons. The van der Waals surface area contributed by atoms with Crippen molar-refractivity contribution in [1.82, 2.24) is 0 Å². The SMILES string of the molecule is CCC(COC)Oc1ccc(Cc2cc(C3CC(O)CC(CO)O3)ccc2Cl)cc1.CO. The van der Waals surface area contributed by atoms with Gasteiger partial charge in [-0.25, -0.2) is 0 Å². The summed E-state index contributed by atoms with van der Waals surface area (Å²) in [6.07, 6.45) is 1.53. The maximum absolute atomic E-state index is 10.1. The third-order valence-electron chi connectivity index (χ3n) is 5.45.